The topological polar surface area (TPSA) is 74.4 Å². The summed E-state index contributed by atoms with van der Waals surface area (Å²) in [6.45, 7) is 1.72. The monoisotopic (exact) mass is 299 g/mol. The van der Waals surface area contributed by atoms with Crippen molar-refractivity contribution in [1.29, 1.82) is 0 Å². The molecule has 2 fully saturated rings. The Morgan fingerprint density at radius 3 is 3.00 bits per heavy atom. The van der Waals surface area contributed by atoms with Crippen LogP contribution in [0, 0.1) is 0 Å². The van der Waals surface area contributed by atoms with E-state index < -0.39 is 5.60 Å². The first-order valence-electron chi connectivity index (χ1n) is 7.43. The molecule has 4 rings (SSSR count). The Morgan fingerprint density at radius 1 is 1.32 bits per heavy atom. The molecular weight excluding hydrogens is 282 g/mol. The molecular formula is C16H17N3O3. The van der Waals surface area contributed by atoms with Crippen molar-refractivity contribution in [3.63, 3.8) is 0 Å². The van der Waals surface area contributed by atoms with Gasteiger partial charge in [-0.15, -0.1) is 0 Å². The van der Waals surface area contributed by atoms with E-state index in [9.17, 15) is 9.59 Å². The number of benzene rings is 1. The molecule has 1 spiro atoms. The zero-order valence-corrected chi connectivity index (χ0v) is 12.1. The van der Waals surface area contributed by atoms with Crippen molar-refractivity contribution < 1.29 is 14.3 Å². The molecule has 2 N–H and O–H groups in total. The smallest absolute Gasteiger partial charge is 0.256 e. The Labute approximate surface area is 127 Å². The number of carbonyl (C=O) groups is 2. The highest BCUT2D eigenvalue weighted by atomic mass is 16.5. The molecule has 0 radical (unpaired) electrons. The van der Waals surface area contributed by atoms with Gasteiger partial charge < -0.3 is 19.9 Å². The number of nitrogens with one attached hydrogen (secondary N) is 2. The van der Waals surface area contributed by atoms with E-state index in [4.69, 9.17) is 4.74 Å². The van der Waals surface area contributed by atoms with Gasteiger partial charge >= 0.3 is 0 Å². The van der Waals surface area contributed by atoms with Crippen molar-refractivity contribution in [3.8, 4) is 0 Å². The number of fused-ring (bicyclic) bond motifs is 1. The van der Waals surface area contributed by atoms with Crippen LogP contribution in [0.4, 0.5) is 0 Å². The quantitative estimate of drug-likeness (QED) is 0.821. The summed E-state index contributed by atoms with van der Waals surface area (Å²) >= 11 is 0. The van der Waals surface area contributed by atoms with Gasteiger partial charge in [-0.2, -0.15) is 0 Å². The van der Waals surface area contributed by atoms with E-state index in [-0.39, 0.29) is 18.4 Å². The fraction of sp³-hybridized carbons (Fsp3) is 0.375. The largest absolute Gasteiger partial charge is 0.361 e. The van der Waals surface area contributed by atoms with Crippen molar-refractivity contribution in [2.45, 2.75) is 12.0 Å². The Morgan fingerprint density at radius 2 is 2.18 bits per heavy atom. The molecule has 3 heterocycles. The van der Waals surface area contributed by atoms with Crippen LogP contribution in [0.15, 0.2) is 30.5 Å². The number of aromatic amines is 1. The molecule has 1 aromatic heterocycles. The van der Waals surface area contributed by atoms with Crippen molar-refractivity contribution in [1.82, 2.24) is 15.2 Å². The summed E-state index contributed by atoms with van der Waals surface area (Å²) in [4.78, 5) is 29.0. The van der Waals surface area contributed by atoms with E-state index in [0.717, 1.165) is 17.3 Å². The van der Waals surface area contributed by atoms with E-state index in [0.29, 0.717) is 25.2 Å². The molecule has 0 saturated carbocycles. The first kappa shape index (κ1) is 13.3. The second-order valence-electron chi connectivity index (χ2n) is 5.97. The number of carbonyl (C=O) groups excluding carboxylic acids is 2. The maximum Gasteiger partial charge on any atom is 0.256 e. The van der Waals surface area contributed by atoms with E-state index in [1.54, 1.807) is 6.20 Å². The Hall–Kier alpha value is -2.34. The number of para-hydroxylation sites is 1. The van der Waals surface area contributed by atoms with Crippen LogP contribution in [0.5, 0.6) is 0 Å². The van der Waals surface area contributed by atoms with Gasteiger partial charge in [-0.1, -0.05) is 18.2 Å². The van der Waals surface area contributed by atoms with Gasteiger partial charge in [-0.3, -0.25) is 9.59 Å². The number of H-pyrrole nitrogens is 1. The van der Waals surface area contributed by atoms with Crippen molar-refractivity contribution in [2.75, 3.05) is 26.2 Å². The minimum Gasteiger partial charge on any atom is -0.361 e. The van der Waals surface area contributed by atoms with Crippen molar-refractivity contribution in [3.05, 3.63) is 36.0 Å². The van der Waals surface area contributed by atoms with Crippen LogP contribution < -0.4 is 5.32 Å². The molecule has 2 aromatic rings. The standard InChI is InChI=1S/C16H17N3O3/c20-14-8-22-16(9-18-14)5-6-19(10-16)15(21)12-7-17-13-4-2-1-3-11(12)13/h1-4,7,17H,5-6,8-10H2,(H,18,20). The molecule has 22 heavy (non-hydrogen) atoms. The van der Waals surface area contributed by atoms with Crippen molar-refractivity contribution >= 4 is 22.7 Å². The van der Waals surface area contributed by atoms with Gasteiger partial charge in [0.1, 0.15) is 12.2 Å². The zero-order chi connectivity index (χ0) is 15.2. The Kier molecular flexibility index (Phi) is 2.94. The third-order valence-electron chi connectivity index (χ3n) is 4.54. The molecule has 2 aliphatic heterocycles. The second-order valence-corrected chi connectivity index (χ2v) is 5.97. The van der Waals surface area contributed by atoms with E-state index in [1.165, 1.54) is 0 Å². The Balaban J connectivity index is 1.56. The number of rotatable bonds is 1. The highest BCUT2D eigenvalue weighted by Gasteiger charge is 2.44. The maximum absolute atomic E-state index is 12.8. The summed E-state index contributed by atoms with van der Waals surface area (Å²) in [6, 6.07) is 7.77. The third kappa shape index (κ3) is 2.07. The maximum atomic E-state index is 12.8. The van der Waals surface area contributed by atoms with Gasteiger partial charge in [0.25, 0.3) is 5.91 Å². The molecule has 114 valence electrons. The highest BCUT2D eigenvalue weighted by molar-refractivity contribution is 6.06. The second kappa shape index (κ2) is 4.84. The summed E-state index contributed by atoms with van der Waals surface area (Å²) in [5, 5.41) is 3.77. The van der Waals surface area contributed by atoms with E-state index in [1.807, 2.05) is 29.2 Å². The number of hydrogen-bond donors (Lipinski definition) is 2. The summed E-state index contributed by atoms with van der Waals surface area (Å²) in [5.74, 6) is -0.0816. The van der Waals surface area contributed by atoms with E-state index in [2.05, 4.69) is 10.3 Å². The summed E-state index contributed by atoms with van der Waals surface area (Å²) < 4.78 is 5.71. The average Bonchev–Trinajstić information content (AvgIpc) is 3.15. The molecule has 2 saturated heterocycles. The van der Waals surface area contributed by atoms with Gasteiger partial charge in [0.05, 0.1) is 12.1 Å². The van der Waals surface area contributed by atoms with Crippen LogP contribution in [0.1, 0.15) is 16.8 Å². The van der Waals surface area contributed by atoms with Gasteiger partial charge in [-0.05, 0) is 12.5 Å². The number of likely N-dealkylation sites (tertiary alicyclic amines) is 1. The number of ether oxygens (including phenoxy) is 1. The number of aromatic nitrogens is 1. The van der Waals surface area contributed by atoms with Gasteiger partial charge in [0, 0.05) is 30.2 Å². The summed E-state index contributed by atoms with van der Waals surface area (Å²) in [6.07, 6.45) is 2.52. The van der Waals surface area contributed by atoms with Crippen LogP contribution in [-0.2, 0) is 9.53 Å². The fourth-order valence-corrected chi connectivity index (χ4v) is 3.28. The first-order chi connectivity index (χ1) is 10.7. The molecule has 6 nitrogen and oxygen atoms in total. The number of morpholine rings is 1. The highest BCUT2D eigenvalue weighted by Crippen LogP contribution is 2.29. The lowest BCUT2D eigenvalue weighted by Crippen LogP contribution is -2.54. The molecule has 1 aromatic carbocycles. The molecule has 1 atom stereocenters. The molecule has 2 aliphatic rings. The minimum absolute atomic E-state index is 0.00910. The Bertz CT molecular complexity index is 742. The lowest BCUT2D eigenvalue weighted by atomic mass is 10.0. The lowest BCUT2D eigenvalue weighted by molar-refractivity contribution is -0.141. The minimum atomic E-state index is -0.421. The third-order valence-corrected chi connectivity index (χ3v) is 4.54. The molecule has 6 heteroatoms. The number of nitrogens with zero attached hydrogens (tertiary/aromatic N) is 1. The molecule has 2 amide bonds. The van der Waals surface area contributed by atoms with E-state index >= 15 is 0 Å². The summed E-state index contributed by atoms with van der Waals surface area (Å²) in [7, 11) is 0. The lowest BCUT2D eigenvalue weighted by Gasteiger charge is -2.33. The van der Waals surface area contributed by atoms with Crippen LogP contribution in [-0.4, -0.2) is 53.5 Å². The normalized spacial score (nSPS) is 24.9. The van der Waals surface area contributed by atoms with Gasteiger partial charge in [0.2, 0.25) is 5.91 Å². The van der Waals surface area contributed by atoms with Gasteiger partial charge in [-0.25, -0.2) is 0 Å². The van der Waals surface area contributed by atoms with Crippen LogP contribution in [0.3, 0.4) is 0 Å². The molecule has 0 aliphatic carbocycles. The first-order valence-corrected chi connectivity index (χ1v) is 7.43. The van der Waals surface area contributed by atoms with Crippen molar-refractivity contribution in [2.24, 2.45) is 0 Å². The predicted octanol–water partition coefficient (Wildman–Crippen LogP) is 0.899. The zero-order valence-electron chi connectivity index (χ0n) is 12.1. The number of hydrogen-bond acceptors (Lipinski definition) is 3. The van der Waals surface area contributed by atoms with Crippen LogP contribution in [0.25, 0.3) is 10.9 Å². The summed E-state index contributed by atoms with van der Waals surface area (Å²) in [5.41, 5.74) is 1.23. The van der Waals surface area contributed by atoms with Crippen LogP contribution in [0.2, 0.25) is 0 Å². The predicted molar refractivity (Wildman–Crippen MR) is 80.5 cm³/mol. The molecule has 1 unspecified atom stereocenters. The van der Waals surface area contributed by atoms with Crippen LogP contribution >= 0.6 is 0 Å². The average molecular weight is 299 g/mol. The number of amides is 2. The van der Waals surface area contributed by atoms with Gasteiger partial charge in [0.15, 0.2) is 0 Å². The molecule has 0 bridgehead atoms. The SMILES string of the molecule is O=C1COC2(CCN(C(=O)c3c[nH]c4ccccc34)C2)CN1. The fourth-order valence-electron chi connectivity index (χ4n) is 3.28.